The van der Waals surface area contributed by atoms with Crippen molar-refractivity contribution >= 4 is 0 Å². The van der Waals surface area contributed by atoms with E-state index in [0.717, 1.165) is 0 Å². The summed E-state index contributed by atoms with van der Waals surface area (Å²) >= 11 is 0. The van der Waals surface area contributed by atoms with Crippen molar-refractivity contribution in [3.8, 4) is 0 Å². The molecule has 0 saturated heterocycles. The molecule has 0 amide bonds. The van der Waals surface area contributed by atoms with Gasteiger partial charge in [0.2, 0.25) is 0 Å². The fourth-order valence-corrected chi connectivity index (χ4v) is 2.04. The van der Waals surface area contributed by atoms with Crippen LogP contribution in [0.5, 0.6) is 0 Å². The highest BCUT2D eigenvalue weighted by molar-refractivity contribution is 5.37. The molecule has 1 aromatic heterocycles. The van der Waals surface area contributed by atoms with Crippen molar-refractivity contribution in [2.45, 2.75) is 78.6 Å². The van der Waals surface area contributed by atoms with Gasteiger partial charge in [-0.05, 0) is 22.0 Å². The summed E-state index contributed by atoms with van der Waals surface area (Å²) in [5.74, 6) is 0. The minimum absolute atomic E-state index is 0.0963. The minimum Gasteiger partial charge on any atom is -0.260 e. The minimum atomic E-state index is 0.0963. The quantitative estimate of drug-likeness (QED) is 0.630. The van der Waals surface area contributed by atoms with Gasteiger partial charge >= 0.3 is 0 Å². The molecule has 0 aromatic carbocycles. The molecular weight excluding hydrogens is 218 g/mol. The lowest BCUT2D eigenvalue weighted by molar-refractivity contribution is 0.505. The first kappa shape index (κ1) is 15.2. The molecule has 102 valence electrons. The lowest BCUT2D eigenvalue weighted by Gasteiger charge is -2.31. The maximum atomic E-state index is 4.78. The second kappa shape index (κ2) is 4.36. The van der Waals surface area contributed by atoms with Gasteiger partial charge in [-0.15, -0.1) is 0 Å². The van der Waals surface area contributed by atoms with Gasteiger partial charge in [-0.3, -0.25) is 4.98 Å². The van der Waals surface area contributed by atoms with Crippen LogP contribution < -0.4 is 0 Å². The van der Waals surface area contributed by atoms with Gasteiger partial charge in [0.1, 0.15) is 0 Å². The van der Waals surface area contributed by atoms with Gasteiger partial charge < -0.3 is 0 Å². The van der Waals surface area contributed by atoms with E-state index >= 15 is 0 Å². The second-order valence-corrected chi connectivity index (χ2v) is 8.37. The third-order valence-corrected chi connectivity index (χ3v) is 3.27. The van der Waals surface area contributed by atoms with Crippen LogP contribution in [0.15, 0.2) is 12.3 Å². The fourth-order valence-electron chi connectivity index (χ4n) is 2.04. The second-order valence-electron chi connectivity index (χ2n) is 8.37. The molecule has 1 nitrogen and oxygen atoms in total. The average Bonchev–Trinajstić information content (AvgIpc) is 2.12. The Labute approximate surface area is 113 Å². The monoisotopic (exact) mass is 247 g/mol. The van der Waals surface area contributed by atoms with Crippen LogP contribution in [0.2, 0.25) is 0 Å². The van der Waals surface area contributed by atoms with Crippen LogP contribution in [0.4, 0.5) is 0 Å². The van der Waals surface area contributed by atoms with Crippen molar-refractivity contribution in [2.24, 2.45) is 0 Å². The summed E-state index contributed by atoms with van der Waals surface area (Å²) in [4.78, 5) is 4.78. The Balaban J connectivity index is 3.50. The van der Waals surface area contributed by atoms with Gasteiger partial charge in [-0.25, -0.2) is 0 Å². The van der Waals surface area contributed by atoms with E-state index in [1.54, 1.807) is 0 Å². The van der Waals surface area contributed by atoms with E-state index in [0.29, 0.717) is 0 Å². The van der Waals surface area contributed by atoms with Crippen molar-refractivity contribution in [2.75, 3.05) is 0 Å². The molecule has 0 atom stereocenters. The normalized spacial score (nSPS) is 13.8. The van der Waals surface area contributed by atoms with E-state index in [2.05, 4.69) is 74.6 Å². The Kier molecular flexibility index (Phi) is 3.69. The molecule has 0 N–H and O–H groups in total. The van der Waals surface area contributed by atoms with Crippen molar-refractivity contribution in [3.05, 3.63) is 29.1 Å². The largest absolute Gasteiger partial charge is 0.260 e. The molecular formula is C17H29N. The summed E-state index contributed by atoms with van der Waals surface area (Å²) in [6.07, 6.45) is 2.05. The van der Waals surface area contributed by atoms with E-state index in [-0.39, 0.29) is 16.2 Å². The first-order valence-corrected chi connectivity index (χ1v) is 6.85. The number of pyridine rings is 1. The summed E-state index contributed by atoms with van der Waals surface area (Å²) in [5, 5.41) is 0. The molecule has 0 radical (unpaired) electrons. The van der Waals surface area contributed by atoms with Crippen LogP contribution in [0.3, 0.4) is 0 Å². The van der Waals surface area contributed by atoms with E-state index in [9.17, 15) is 0 Å². The highest BCUT2D eigenvalue weighted by Crippen LogP contribution is 2.35. The molecule has 0 aliphatic carbocycles. The SMILES string of the molecule is CC(C)(C)c1cnc(C(C)(C)C)c(C(C)(C)C)c1. The number of hydrogen-bond donors (Lipinski definition) is 0. The Morgan fingerprint density at radius 1 is 0.722 bits per heavy atom. The lowest BCUT2D eigenvalue weighted by atomic mass is 9.76. The predicted molar refractivity (Wildman–Crippen MR) is 80.3 cm³/mol. The van der Waals surface area contributed by atoms with Gasteiger partial charge in [-0.1, -0.05) is 68.4 Å². The summed E-state index contributed by atoms with van der Waals surface area (Å²) < 4.78 is 0. The zero-order chi connectivity index (χ0) is 14.4. The van der Waals surface area contributed by atoms with Crippen LogP contribution >= 0.6 is 0 Å². The first-order chi connectivity index (χ1) is 7.83. The van der Waals surface area contributed by atoms with Gasteiger partial charge in [-0.2, -0.15) is 0 Å². The van der Waals surface area contributed by atoms with Gasteiger partial charge in [0.25, 0.3) is 0 Å². The third kappa shape index (κ3) is 3.34. The molecule has 1 rings (SSSR count). The van der Waals surface area contributed by atoms with E-state index < -0.39 is 0 Å². The summed E-state index contributed by atoms with van der Waals surface area (Å²) in [6, 6.07) is 2.35. The highest BCUT2D eigenvalue weighted by Gasteiger charge is 2.28. The smallest absolute Gasteiger partial charge is 0.0494 e. The zero-order valence-corrected chi connectivity index (χ0v) is 13.6. The first-order valence-electron chi connectivity index (χ1n) is 6.85. The highest BCUT2D eigenvalue weighted by atomic mass is 14.7. The Bertz CT molecular complexity index is 422. The molecule has 0 fully saturated rings. The van der Waals surface area contributed by atoms with Gasteiger partial charge in [0.15, 0.2) is 0 Å². The summed E-state index contributed by atoms with van der Waals surface area (Å²) in [6.45, 7) is 20.3. The lowest BCUT2D eigenvalue weighted by Crippen LogP contribution is -2.25. The molecule has 0 unspecified atom stereocenters. The van der Waals surface area contributed by atoms with E-state index in [1.165, 1.54) is 16.8 Å². The van der Waals surface area contributed by atoms with Crippen LogP contribution in [0.1, 0.15) is 79.1 Å². The number of hydrogen-bond acceptors (Lipinski definition) is 1. The van der Waals surface area contributed by atoms with Gasteiger partial charge in [0, 0.05) is 17.3 Å². The third-order valence-electron chi connectivity index (χ3n) is 3.27. The molecule has 0 bridgehead atoms. The number of nitrogens with zero attached hydrogens (tertiary/aromatic N) is 1. The van der Waals surface area contributed by atoms with Crippen LogP contribution in [-0.4, -0.2) is 4.98 Å². The topological polar surface area (TPSA) is 12.9 Å². The standard InChI is InChI=1S/C17H29N/c1-15(2,3)12-10-13(16(4,5)6)14(18-11-12)17(7,8)9/h10-11H,1-9H3. The Morgan fingerprint density at radius 3 is 1.56 bits per heavy atom. The van der Waals surface area contributed by atoms with E-state index in [1.807, 2.05) is 0 Å². The Hall–Kier alpha value is -0.850. The number of rotatable bonds is 0. The van der Waals surface area contributed by atoms with Crippen molar-refractivity contribution in [3.63, 3.8) is 0 Å². The molecule has 0 saturated carbocycles. The molecule has 0 aliphatic heterocycles. The zero-order valence-electron chi connectivity index (χ0n) is 13.6. The molecule has 18 heavy (non-hydrogen) atoms. The molecule has 0 spiro atoms. The van der Waals surface area contributed by atoms with Crippen molar-refractivity contribution < 1.29 is 0 Å². The molecule has 0 aliphatic rings. The molecule has 1 aromatic rings. The maximum absolute atomic E-state index is 4.78. The van der Waals surface area contributed by atoms with Crippen LogP contribution in [-0.2, 0) is 16.2 Å². The Morgan fingerprint density at radius 2 is 1.22 bits per heavy atom. The maximum Gasteiger partial charge on any atom is 0.0494 e. The predicted octanol–water partition coefficient (Wildman–Crippen LogP) is 4.97. The van der Waals surface area contributed by atoms with Crippen molar-refractivity contribution in [1.82, 2.24) is 4.98 Å². The summed E-state index contributed by atoms with van der Waals surface area (Å²) in [5.41, 5.74) is 4.31. The molecule has 1 heterocycles. The summed E-state index contributed by atoms with van der Waals surface area (Å²) in [7, 11) is 0. The van der Waals surface area contributed by atoms with Crippen LogP contribution in [0.25, 0.3) is 0 Å². The van der Waals surface area contributed by atoms with Crippen LogP contribution in [0, 0.1) is 0 Å². The van der Waals surface area contributed by atoms with Gasteiger partial charge in [0.05, 0.1) is 0 Å². The number of aromatic nitrogens is 1. The van der Waals surface area contributed by atoms with E-state index in [4.69, 9.17) is 4.98 Å². The average molecular weight is 247 g/mol. The van der Waals surface area contributed by atoms with Crippen molar-refractivity contribution in [1.29, 1.82) is 0 Å². The molecule has 1 heteroatoms. The fraction of sp³-hybridized carbons (Fsp3) is 0.706.